The third kappa shape index (κ3) is 5.41. The maximum Gasteiger partial charge on any atom is 0.185 e. The van der Waals surface area contributed by atoms with Crippen LogP contribution in [-0.4, -0.2) is 15.3 Å². The molecule has 0 N–H and O–H groups in total. The predicted molar refractivity (Wildman–Crippen MR) is 176 cm³/mol. The molecule has 208 valence electrons. The summed E-state index contributed by atoms with van der Waals surface area (Å²) >= 11 is 0. The van der Waals surface area contributed by atoms with Crippen LogP contribution >= 0.6 is 0 Å². The lowest BCUT2D eigenvalue weighted by atomic mass is 9.76. The van der Waals surface area contributed by atoms with E-state index < -0.39 is 5.54 Å². The highest BCUT2D eigenvalue weighted by Crippen LogP contribution is 2.43. The lowest BCUT2D eigenvalue weighted by Gasteiger charge is -2.39. The van der Waals surface area contributed by atoms with Crippen molar-refractivity contribution in [3.8, 4) is 0 Å². The van der Waals surface area contributed by atoms with E-state index in [9.17, 15) is 4.79 Å². The first-order valence-corrected chi connectivity index (χ1v) is 14.4. The molecule has 43 heavy (non-hydrogen) atoms. The van der Waals surface area contributed by atoms with Crippen molar-refractivity contribution in [2.45, 2.75) is 12.5 Å². The topological polar surface area (TPSA) is 34.9 Å². The van der Waals surface area contributed by atoms with Gasteiger partial charge in [-0.05, 0) is 46.4 Å². The van der Waals surface area contributed by atoms with Crippen LogP contribution < -0.4 is 0 Å². The van der Waals surface area contributed by atoms with Gasteiger partial charge in [-0.15, -0.1) is 0 Å². The van der Waals surface area contributed by atoms with Crippen molar-refractivity contribution in [2.24, 2.45) is 0 Å². The van der Waals surface area contributed by atoms with E-state index in [1.807, 2.05) is 85.3 Å². The van der Waals surface area contributed by atoms with Crippen molar-refractivity contribution in [1.29, 1.82) is 0 Å². The Morgan fingerprint density at radius 3 is 1.47 bits per heavy atom. The third-order valence-electron chi connectivity index (χ3n) is 7.91. The van der Waals surface area contributed by atoms with Crippen LogP contribution in [0.15, 0.2) is 176 Å². The number of carbonyl (C=O) groups is 1. The highest BCUT2D eigenvalue weighted by molar-refractivity contribution is 6.07. The van der Waals surface area contributed by atoms with Crippen LogP contribution in [0, 0.1) is 0 Å². The first-order chi connectivity index (χ1) is 21.2. The van der Waals surface area contributed by atoms with Crippen LogP contribution in [0.5, 0.6) is 0 Å². The molecular formula is C40H32N2O. The van der Waals surface area contributed by atoms with Crippen LogP contribution in [0.1, 0.15) is 45.2 Å². The fourth-order valence-corrected chi connectivity index (χ4v) is 5.85. The molecule has 3 heteroatoms. The smallest absolute Gasteiger partial charge is 0.185 e. The Labute approximate surface area is 253 Å². The minimum absolute atomic E-state index is 0.0393. The lowest BCUT2D eigenvalue weighted by Crippen LogP contribution is -2.38. The zero-order valence-electron chi connectivity index (χ0n) is 24.0. The van der Waals surface area contributed by atoms with Gasteiger partial charge in [0.1, 0.15) is 5.54 Å². The average molecular weight is 557 g/mol. The molecule has 0 spiro atoms. The first kappa shape index (κ1) is 27.6. The van der Waals surface area contributed by atoms with Crippen molar-refractivity contribution in [3.05, 3.63) is 210 Å². The third-order valence-corrected chi connectivity index (χ3v) is 7.91. The molecule has 0 atom stereocenters. The van der Waals surface area contributed by atoms with Crippen molar-refractivity contribution in [2.75, 3.05) is 0 Å². The number of imidazole rings is 1. The van der Waals surface area contributed by atoms with Gasteiger partial charge in [0, 0.05) is 5.56 Å². The molecule has 6 aromatic rings. The maximum absolute atomic E-state index is 13.1. The number of rotatable bonds is 9. The highest BCUT2D eigenvalue weighted by Gasteiger charge is 2.39. The fourth-order valence-electron chi connectivity index (χ4n) is 5.85. The molecule has 0 amide bonds. The highest BCUT2D eigenvalue weighted by atomic mass is 16.1. The summed E-state index contributed by atoms with van der Waals surface area (Å²) in [6.07, 6.45) is 7.45. The lowest BCUT2D eigenvalue weighted by molar-refractivity contribution is 0.104. The summed E-state index contributed by atoms with van der Waals surface area (Å²) in [6.45, 7) is 2.11. The van der Waals surface area contributed by atoms with Crippen molar-refractivity contribution in [1.82, 2.24) is 9.55 Å². The largest absolute Gasteiger partial charge is 0.312 e. The predicted octanol–water partition coefficient (Wildman–Crippen LogP) is 9.09. The maximum atomic E-state index is 13.1. The molecule has 3 nitrogen and oxygen atoms in total. The zero-order chi connectivity index (χ0) is 29.5. The monoisotopic (exact) mass is 556 g/mol. The van der Waals surface area contributed by atoms with Crippen LogP contribution in [0.4, 0.5) is 0 Å². The zero-order valence-corrected chi connectivity index (χ0v) is 24.0. The van der Waals surface area contributed by atoms with Gasteiger partial charge in [-0.1, -0.05) is 158 Å². The Kier molecular flexibility index (Phi) is 8.06. The first-order valence-electron chi connectivity index (χ1n) is 14.4. The Morgan fingerprint density at radius 2 is 1.00 bits per heavy atom. The van der Waals surface area contributed by atoms with E-state index in [1.165, 1.54) is 0 Å². The van der Waals surface area contributed by atoms with Crippen LogP contribution in [0.3, 0.4) is 0 Å². The van der Waals surface area contributed by atoms with Gasteiger partial charge in [-0.3, -0.25) is 4.79 Å². The van der Waals surface area contributed by atoms with Gasteiger partial charge in [-0.2, -0.15) is 0 Å². The van der Waals surface area contributed by atoms with E-state index in [0.29, 0.717) is 5.56 Å². The van der Waals surface area contributed by atoms with E-state index in [4.69, 9.17) is 4.98 Å². The van der Waals surface area contributed by atoms with Gasteiger partial charge < -0.3 is 4.57 Å². The summed E-state index contributed by atoms with van der Waals surface area (Å²) in [4.78, 5) is 17.9. The van der Waals surface area contributed by atoms with Gasteiger partial charge >= 0.3 is 0 Å². The molecule has 0 saturated heterocycles. The van der Waals surface area contributed by atoms with Crippen molar-refractivity contribution in [3.63, 3.8) is 0 Å². The Bertz CT molecular complexity index is 1760. The van der Waals surface area contributed by atoms with Gasteiger partial charge in [0.25, 0.3) is 0 Å². The molecule has 0 fully saturated rings. The summed E-state index contributed by atoms with van der Waals surface area (Å²) < 4.78 is 2.28. The summed E-state index contributed by atoms with van der Waals surface area (Å²) in [7, 11) is 0. The number of carbonyl (C=O) groups excluding carboxylic acids is 1. The summed E-state index contributed by atoms with van der Waals surface area (Å²) in [6, 6.07) is 51.3. The van der Waals surface area contributed by atoms with E-state index in [2.05, 4.69) is 96.4 Å². The molecule has 0 aliphatic heterocycles. The van der Waals surface area contributed by atoms with E-state index in [0.717, 1.165) is 39.1 Å². The van der Waals surface area contributed by atoms with Crippen molar-refractivity contribution < 1.29 is 4.79 Å². The quantitative estimate of drug-likeness (QED) is 0.0770. The molecule has 0 unspecified atom stereocenters. The molecule has 1 heterocycles. The van der Waals surface area contributed by atoms with Crippen LogP contribution in [0.25, 0.3) is 11.1 Å². The minimum Gasteiger partial charge on any atom is -0.312 e. The Balaban J connectivity index is 1.61. The normalized spacial score (nSPS) is 12.2. The summed E-state index contributed by atoms with van der Waals surface area (Å²) in [5, 5.41) is 0. The standard InChI is InChI=1S/C40H32N2O/c1-31(37(32-17-7-2-8-18-32)27-28-39(43)33-19-9-3-10-20-33)38-29-41-30-42(38)40(34-21-11-4-12-22-34,35-23-13-5-14-24-35)36-25-15-6-16-26-36/h2-30H,1H3/b28-27+,37-31+. The summed E-state index contributed by atoms with van der Waals surface area (Å²) in [5.41, 5.74) is 7.25. The molecule has 0 aliphatic carbocycles. The van der Waals surface area contributed by atoms with Crippen LogP contribution in [0.2, 0.25) is 0 Å². The average Bonchev–Trinajstić information content (AvgIpc) is 3.58. The van der Waals surface area contributed by atoms with Gasteiger partial charge in [0.05, 0.1) is 18.2 Å². The molecule has 0 aliphatic rings. The van der Waals surface area contributed by atoms with E-state index >= 15 is 0 Å². The molecule has 5 aromatic carbocycles. The second kappa shape index (κ2) is 12.5. The van der Waals surface area contributed by atoms with Crippen molar-refractivity contribution >= 4 is 16.9 Å². The number of aromatic nitrogens is 2. The van der Waals surface area contributed by atoms with Crippen LogP contribution in [-0.2, 0) is 5.54 Å². The Morgan fingerprint density at radius 1 is 0.581 bits per heavy atom. The molecule has 1 aromatic heterocycles. The molecular weight excluding hydrogens is 524 g/mol. The fraction of sp³-hybridized carbons (Fsp3) is 0.0500. The summed E-state index contributed by atoms with van der Waals surface area (Å²) in [5.74, 6) is -0.0393. The minimum atomic E-state index is -0.706. The molecule has 0 bridgehead atoms. The van der Waals surface area contributed by atoms with E-state index in [-0.39, 0.29) is 5.78 Å². The number of ketones is 1. The van der Waals surface area contributed by atoms with Gasteiger partial charge in [-0.25, -0.2) is 4.98 Å². The number of hydrogen-bond acceptors (Lipinski definition) is 2. The number of nitrogens with zero attached hydrogens (tertiary/aromatic N) is 2. The molecule has 0 radical (unpaired) electrons. The molecule has 6 rings (SSSR count). The number of allylic oxidation sites excluding steroid dienone is 4. The second-order valence-electron chi connectivity index (χ2n) is 10.4. The second-order valence-corrected chi connectivity index (χ2v) is 10.4. The van der Waals surface area contributed by atoms with E-state index in [1.54, 1.807) is 6.08 Å². The number of hydrogen-bond donors (Lipinski definition) is 0. The Hall–Kier alpha value is -5.54. The SMILES string of the molecule is C/C(=C(/C=C/C(=O)c1ccccc1)c1ccccc1)c1cncn1C(c1ccccc1)(c1ccccc1)c1ccccc1. The van der Waals surface area contributed by atoms with Gasteiger partial charge in [0.2, 0.25) is 0 Å². The number of benzene rings is 5. The van der Waals surface area contributed by atoms with Gasteiger partial charge in [0.15, 0.2) is 5.78 Å². The molecule has 0 saturated carbocycles.